The fraction of sp³-hybridized carbons (Fsp3) is 0.440. The highest BCUT2D eigenvalue weighted by atomic mass is 35.5. The number of hydrogen-bond donors (Lipinski definition) is 1. The minimum Gasteiger partial charge on any atom is -0.352 e. The molecule has 7 nitrogen and oxygen atoms in total. The highest BCUT2D eigenvalue weighted by molar-refractivity contribution is 7.92. The van der Waals surface area contributed by atoms with Gasteiger partial charge in [-0.15, -0.1) is 0 Å². The van der Waals surface area contributed by atoms with Gasteiger partial charge in [-0.2, -0.15) is 0 Å². The molecular weight excluding hydrogens is 474 g/mol. The Morgan fingerprint density at radius 3 is 2.29 bits per heavy atom. The van der Waals surface area contributed by atoms with Crippen molar-refractivity contribution < 1.29 is 18.0 Å². The maximum absolute atomic E-state index is 13.3. The highest BCUT2D eigenvalue weighted by Crippen LogP contribution is 2.23. The second-order valence-corrected chi connectivity index (χ2v) is 10.9. The van der Waals surface area contributed by atoms with Gasteiger partial charge in [-0.05, 0) is 50.5 Å². The molecule has 186 valence electrons. The van der Waals surface area contributed by atoms with Crippen LogP contribution in [0, 0.1) is 0 Å². The second-order valence-electron chi connectivity index (χ2n) is 8.51. The number of nitrogens with one attached hydrogen (secondary N) is 1. The molecule has 0 saturated heterocycles. The molecule has 0 saturated carbocycles. The Bertz CT molecular complexity index is 1060. The summed E-state index contributed by atoms with van der Waals surface area (Å²) in [5.74, 6) is -0.396. The van der Waals surface area contributed by atoms with E-state index in [1.165, 1.54) is 4.31 Å². The molecule has 0 aliphatic carbocycles. The van der Waals surface area contributed by atoms with Gasteiger partial charge < -0.3 is 10.2 Å². The third-order valence-corrected chi connectivity index (χ3v) is 6.69. The van der Waals surface area contributed by atoms with Crippen molar-refractivity contribution in [1.29, 1.82) is 0 Å². The van der Waals surface area contributed by atoms with Gasteiger partial charge in [-0.3, -0.25) is 13.9 Å². The van der Waals surface area contributed by atoms with E-state index in [0.717, 1.165) is 11.8 Å². The molecule has 0 aliphatic heterocycles. The van der Waals surface area contributed by atoms with Crippen LogP contribution in [-0.2, 0) is 26.2 Å². The molecular formula is C25H34ClN3O4S. The fourth-order valence-electron chi connectivity index (χ4n) is 3.72. The summed E-state index contributed by atoms with van der Waals surface area (Å²) in [6.07, 6.45) is 1.99. The monoisotopic (exact) mass is 507 g/mol. The fourth-order valence-corrected chi connectivity index (χ4v) is 4.86. The summed E-state index contributed by atoms with van der Waals surface area (Å²) in [5, 5.41) is 3.33. The Morgan fingerprint density at radius 1 is 1.06 bits per heavy atom. The molecule has 0 spiro atoms. The summed E-state index contributed by atoms with van der Waals surface area (Å²) in [4.78, 5) is 27.8. The van der Waals surface area contributed by atoms with E-state index in [2.05, 4.69) is 5.32 Å². The molecule has 0 radical (unpaired) electrons. The Balaban J connectivity index is 2.19. The van der Waals surface area contributed by atoms with Gasteiger partial charge in [-0.1, -0.05) is 54.9 Å². The van der Waals surface area contributed by atoms with E-state index in [1.54, 1.807) is 29.2 Å². The molecule has 0 unspecified atom stereocenters. The van der Waals surface area contributed by atoms with Crippen LogP contribution in [0.2, 0.25) is 5.02 Å². The third kappa shape index (κ3) is 8.33. The standard InChI is InChI=1S/C25H34ClN3O4S/c1-5-23(25(31)27-19(2)3)28(18-20-11-7-6-8-12-20)24(30)15-10-16-29(34(4,32)33)22-14-9-13-21(26)17-22/h6-9,11-14,17,19,23H,5,10,15-16,18H2,1-4H3,(H,27,31)/t23-/m1/s1. The molecule has 2 rings (SSSR count). The van der Waals surface area contributed by atoms with Crippen molar-refractivity contribution in [1.82, 2.24) is 10.2 Å². The first kappa shape index (κ1) is 27.7. The molecule has 1 N–H and O–H groups in total. The van der Waals surface area contributed by atoms with Crippen molar-refractivity contribution >= 4 is 39.1 Å². The maximum atomic E-state index is 13.3. The van der Waals surface area contributed by atoms with Crippen LogP contribution in [-0.4, -0.2) is 50.0 Å². The van der Waals surface area contributed by atoms with Crippen LogP contribution in [0.4, 0.5) is 5.69 Å². The number of nitrogens with zero attached hydrogens (tertiary/aromatic N) is 2. The molecule has 0 heterocycles. The first-order valence-corrected chi connectivity index (χ1v) is 13.6. The van der Waals surface area contributed by atoms with E-state index in [4.69, 9.17) is 11.6 Å². The zero-order chi connectivity index (χ0) is 25.3. The molecule has 0 fully saturated rings. The average Bonchev–Trinajstić information content (AvgIpc) is 2.75. The lowest BCUT2D eigenvalue weighted by Crippen LogP contribution is -2.50. The molecule has 0 bridgehead atoms. The van der Waals surface area contributed by atoms with Crippen LogP contribution in [0.1, 0.15) is 45.6 Å². The van der Waals surface area contributed by atoms with Gasteiger partial charge in [0.25, 0.3) is 0 Å². The number of amides is 2. The van der Waals surface area contributed by atoms with E-state index in [0.29, 0.717) is 30.1 Å². The summed E-state index contributed by atoms with van der Waals surface area (Å²) in [6.45, 7) is 6.06. The van der Waals surface area contributed by atoms with Gasteiger partial charge >= 0.3 is 0 Å². The zero-order valence-electron chi connectivity index (χ0n) is 20.2. The first-order valence-electron chi connectivity index (χ1n) is 11.4. The number of hydrogen-bond acceptors (Lipinski definition) is 4. The smallest absolute Gasteiger partial charge is 0.243 e. The van der Waals surface area contributed by atoms with Crippen LogP contribution in [0.5, 0.6) is 0 Å². The molecule has 0 aliphatic rings. The molecule has 1 atom stereocenters. The number of anilines is 1. The summed E-state index contributed by atoms with van der Waals surface area (Å²) >= 11 is 6.04. The van der Waals surface area contributed by atoms with E-state index >= 15 is 0 Å². The SMILES string of the molecule is CC[C@H](C(=O)NC(C)C)N(Cc1ccccc1)C(=O)CCCN(c1cccc(Cl)c1)S(C)(=O)=O. The third-order valence-electron chi connectivity index (χ3n) is 5.26. The zero-order valence-corrected chi connectivity index (χ0v) is 21.8. The maximum Gasteiger partial charge on any atom is 0.243 e. The van der Waals surface area contributed by atoms with Crippen molar-refractivity contribution in [3.63, 3.8) is 0 Å². The number of carbonyl (C=O) groups excluding carboxylic acids is 2. The number of carbonyl (C=O) groups is 2. The second kappa shape index (κ2) is 12.8. The Labute approximate surface area is 208 Å². The van der Waals surface area contributed by atoms with Crippen LogP contribution < -0.4 is 9.62 Å². The molecule has 34 heavy (non-hydrogen) atoms. The summed E-state index contributed by atoms with van der Waals surface area (Å²) in [6, 6.07) is 15.4. The summed E-state index contributed by atoms with van der Waals surface area (Å²) in [5.41, 5.74) is 1.37. The Kier molecular flexibility index (Phi) is 10.4. The molecule has 2 aromatic carbocycles. The van der Waals surface area contributed by atoms with Gasteiger partial charge in [0.2, 0.25) is 21.8 Å². The first-order chi connectivity index (χ1) is 16.0. The largest absolute Gasteiger partial charge is 0.352 e. The normalized spacial score (nSPS) is 12.3. The Hall–Kier alpha value is -2.58. The lowest BCUT2D eigenvalue weighted by atomic mass is 10.1. The number of rotatable bonds is 12. The van der Waals surface area contributed by atoms with Gasteiger partial charge in [0.15, 0.2) is 0 Å². The summed E-state index contributed by atoms with van der Waals surface area (Å²) in [7, 11) is -3.56. The molecule has 2 amide bonds. The lowest BCUT2D eigenvalue weighted by molar-refractivity contribution is -0.141. The van der Waals surface area contributed by atoms with E-state index in [1.807, 2.05) is 51.1 Å². The van der Waals surface area contributed by atoms with Crippen LogP contribution in [0.3, 0.4) is 0 Å². The van der Waals surface area contributed by atoms with Gasteiger partial charge in [0.05, 0.1) is 11.9 Å². The van der Waals surface area contributed by atoms with Crippen molar-refractivity contribution in [3.05, 3.63) is 65.2 Å². The van der Waals surface area contributed by atoms with Crippen LogP contribution in [0.15, 0.2) is 54.6 Å². The number of benzene rings is 2. The van der Waals surface area contributed by atoms with Crippen molar-refractivity contribution in [2.75, 3.05) is 17.1 Å². The minimum atomic E-state index is -3.56. The predicted molar refractivity (Wildman–Crippen MR) is 137 cm³/mol. The van der Waals surface area contributed by atoms with Gasteiger partial charge in [-0.25, -0.2) is 8.42 Å². The summed E-state index contributed by atoms with van der Waals surface area (Å²) < 4.78 is 26.0. The van der Waals surface area contributed by atoms with Gasteiger partial charge in [0, 0.05) is 30.6 Å². The molecule has 0 aromatic heterocycles. The predicted octanol–water partition coefficient (Wildman–Crippen LogP) is 4.22. The molecule has 9 heteroatoms. The number of sulfonamides is 1. The van der Waals surface area contributed by atoms with E-state index in [-0.39, 0.29) is 30.8 Å². The van der Waals surface area contributed by atoms with E-state index in [9.17, 15) is 18.0 Å². The van der Waals surface area contributed by atoms with Crippen LogP contribution in [0.25, 0.3) is 0 Å². The van der Waals surface area contributed by atoms with Gasteiger partial charge in [0.1, 0.15) is 6.04 Å². The minimum absolute atomic E-state index is 0.0451. The van der Waals surface area contributed by atoms with Crippen molar-refractivity contribution in [3.8, 4) is 0 Å². The molecule has 2 aromatic rings. The average molecular weight is 508 g/mol. The van der Waals surface area contributed by atoms with Crippen LogP contribution >= 0.6 is 11.6 Å². The number of halogens is 1. The van der Waals surface area contributed by atoms with Crippen molar-refractivity contribution in [2.24, 2.45) is 0 Å². The Morgan fingerprint density at radius 2 is 1.74 bits per heavy atom. The highest BCUT2D eigenvalue weighted by Gasteiger charge is 2.29. The van der Waals surface area contributed by atoms with Crippen molar-refractivity contribution in [2.45, 2.75) is 58.7 Å². The quantitative estimate of drug-likeness (QED) is 0.466. The van der Waals surface area contributed by atoms with E-state index < -0.39 is 16.1 Å². The lowest BCUT2D eigenvalue weighted by Gasteiger charge is -2.31. The topological polar surface area (TPSA) is 86.8 Å².